The van der Waals surface area contributed by atoms with Gasteiger partial charge < -0.3 is 4.57 Å². The third-order valence-electron chi connectivity index (χ3n) is 5.55. The Morgan fingerprint density at radius 1 is 1.00 bits per heavy atom. The third kappa shape index (κ3) is 4.35. The Labute approximate surface area is 180 Å². The largest absolute Gasteiger partial charge is 0.331 e. The normalized spacial score (nSPS) is 13.0. The van der Waals surface area contributed by atoms with Crippen LogP contribution in [0, 0.1) is 23.2 Å². The van der Waals surface area contributed by atoms with Gasteiger partial charge in [-0.2, -0.15) is 5.26 Å². The van der Waals surface area contributed by atoms with Crippen LogP contribution in [0.5, 0.6) is 0 Å². The van der Waals surface area contributed by atoms with E-state index in [2.05, 4.69) is 22.8 Å². The minimum absolute atomic E-state index is 0.179. The van der Waals surface area contributed by atoms with Gasteiger partial charge in [0.25, 0.3) is 5.56 Å². The van der Waals surface area contributed by atoms with Crippen molar-refractivity contribution in [1.29, 1.82) is 5.26 Å². The maximum atomic E-state index is 13.2. The average molecular weight is 410 g/mol. The molecule has 0 saturated carbocycles. The number of hydrogen-bond acceptors (Lipinski definition) is 4. The lowest BCUT2D eigenvalue weighted by Crippen LogP contribution is -2.47. The van der Waals surface area contributed by atoms with E-state index < -0.39 is 0 Å². The van der Waals surface area contributed by atoms with Crippen molar-refractivity contribution < 1.29 is 0 Å². The standard InChI is InChI=1S/C25H22N4O2/c1-27-23-13-15-28(14-5-8-19-6-3-2-4-7-19)18-22(23)24(30)29(25(27)31)17-21-11-9-20(16-26)10-12-21/h2-4,6-7,9-12H,13-15,17-18H2,1H3. The SMILES string of the molecule is Cn1c2c(c(=O)n(Cc3ccc(C#N)cc3)c1=O)CN(CC#Cc1ccccc1)CC2. The molecule has 0 spiro atoms. The van der Waals surface area contributed by atoms with Crippen molar-refractivity contribution in [3.05, 3.63) is 103 Å². The molecule has 0 aliphatic carbocycles. The lowest BCUT2D eigenvalue weighted by Gasteiger charge is -2.28. The number of hydrogen-bond donors (Lipinski definition) is 0. The Kier molecular flexibility index (Phi) is 5.84. The van der Waals surface area contributed by atoms with Gasteiger partial charge in [0.15, 0.2) is 0 Å². The summed E-state index contributed by atoms with van der Waals surface area (Å²) < 4.78 is 2.87. The molecule has 6 nitrogen and oxygen atoms in total. The van der Waals surface area contributed by atoms with Gasteiger partial charge >= 0.3 is 5.69 Å². The number of nitriles is 1. The topological polar surface area (TPSA) is 71.0 Å². The lowest BCUT2D eigenvalue weighted by atomic mass is 10.1. The molecule has 1 aliphatic heterocycles. The van der Waals surface area contributed by atoms with Crippen molar-refractivity contribution in [2.45, 2.75) is 19.5 Å². The first-order valence-corrected chi connectivity index (χ1v) is 10.1. The molecule has 0 fully saturated rings. The predicted octanol–water partition coefficient (Wildman–Crippen LogP) is 1.88. The molecule has 0 saturated heterocycles. The van der Waals surface area contributed by atoms with Crippen LogP contribution in [-0.2, 0) is 26.6 Å². The fourth-order valence-electron chi connectivity index (χ4n) is 3.83. The molecule has 4 rings (SSSR count). The second-order valence-corrected chi connectivity index (χ2v) is 7.60. The van der Waals surface area contributed by atoms with E-state index in [-0.39, 0.29) is 17.8 Å². The highest BCUT2D eigenvalue weighted by Gasteiger charge is 2.23. The van der Waals surface area contributed by atoms with Crippen LogP contribution in [0.3, 0.4) is 0 Å². The summed E-state index contributed by atoms with van der Waals surface area (Å²) in [5, 5.41) is 8.95. The van der Waals surface area contributed by atoms with Crippen LogP contribution < -0.4 is 11.2 Å². The van der Waals surface area contributed by atoms with Gasteiger partial charge in [0.1, 0.15) is 0 Å². The fourth-order valence-corrected chi connectivity index (χ4v) is 3.83. The van der Waals surface area contributed by atoms with E-state index in [0.29, 0.717) is 30.6 Å². The molecular weight excluding hydrogens is 388 g/mol. The summed E-state index contributed by atoms with van der Waals surface area (Å²) in [6.07, 6.45) is 0.640. The first-order chi connectivity index (χ1) is 15.1. The molecule has 0 radical (unpaired) electrons. The van der Waals surface area contributed by atoms with Crippen LogP contribution in [-0.4, -0.2) is 27.1 Å². The van der Waals surface area contributed by atoms with Crippen LogP contribution >= 0.6 is 0 Å². The monoisotopic (exact) mass is 410 g/mol. The first-order valence-electron chi connectivity index (χ1n) is 10.1. The number of aromatic nitrogens is 2. The van der Waals surface area contributed by atoms with E-state index in [0.717, 1.165) is 23.4 Å². The number of benzene rings is 2. The molecule has 0 atom stereocenters. The molecule has 2 heterocycles. The maximum Gasteiger partial charge on any atom is 0.331 e. The van der Waals surface area contributed by atoms with Gasteiger partial charge in [0.2, 0.25) is 0 Å². The molecule has 1 aliphatic rings. The van der Waals surface area contributed by atoms with Crippen LogP contribution in [0.2, 0.25) is 0 Å². The third-order valence-corrected chi connectivity index (χ3v) is 5.55. The summed E-state index contributed by atoms with van der Waals surface area (Å²) in [6.45, 7) is 1.96. The van der Waals surface area contributed by atoms with Gasteiger partial charge in [-0.05, 0) is 29.8 Å². The van der Waals surface area contributed by atoms with Crippen molar-refractivity contribution in [3.8, 4) is 17.9 Å². The Morgan fingerprint density at radius 3 is 2.45 bits per heavy atom. The van der Waals surface area contributed by atoms with E-state index in [1.807, 2.05) is 30.3 Å². The summed E-state index contributed by atoms with van der Waals surface area (Å²) >= 11 is 0. The van der Waals surface area contributed by atoms with Gasteiger partial charge in [-0.15, -0.1) is 0 Å². The highest BCUT2D eigenvalue weighted by molar-refractivity contribution is 5.34. The number of rotatable bonds is 3. The second kappa shape index (κ2) is 8.87. The van der Waals surface area contributed by atoms with Crippen LogP contribution in [0.25, 0.3) is 0 Å². The molecule has 0 amide bonds. The van der Waals surface area contributed by atoms with Gasteiger partial charge in [0, 0.05) is 37.8 Å². The summed E-state index contributed by atoms with van der Waals surface area (Å²) in [6, 6.07) is 18.8. The Morgan fingerprint density at radius 2 is 1.74 bits per heavy atom. The molecule has 1 aromatic heterocycles. The highest BCUT2D eigenvalue weighted by atomic mass is 16.2. The van der Waals surface area contributed by atoms with Crippen molar-refractivity contribution in [3.63, 3.8) is 0 Å². The molecule has 0 unspecified atom stereocenters. The maximum absolute atomic E-state index is 13.2. The highest BCUT2D eigenvalue weighted by Crippen LogP contribution is 2.14. The zero-order valence-corrected chi connectivity index (χ0v) is 17.3. The minimum Gasteiger partial charge on any atom is -0.300 e. The Bertz CT molecular complexity index is 1320. The van der Waals surface area contributed by atoms with E-state index in [9.17, 15) is 9.59 Å². The lowest BCUT2D eigenvalue weighted by molar-refractivity contribution is 0.275. The van der Waals surface area contributed by atoms with E-state index in [1.165, 1.54) is 4.57 Å². The molecule has 0 bridgehead atoms. The quantitative estimate of drug-likeness (QED) is 0.618. The zero-order valence-electron chi connectivity index (χ0n) is 17.3. The molecule has 154 valence electrons. The van der Waals surface area contributed by atoms with Crippen LogP contribution in [0.4, 0.5) is 0 Å². The van der Waals surface area contributed by atoms with Crippen LogP contribution in [0.1, 0.15) is 27.9 Å². The molecule has 31 heavy (non-hydrogen) atoms. The molecule has 6 heteroatoms. The summed E-state index contributed by atoms with van der Waals surface area (Å²) in [4.78, 5) is 28.2. The van der Waals surface area contributed by atoms with Crippen molar-refractivity contribution >= 4 is 0 Å². The summed E-state index contributed by atoms with van der Waals surface area (Å²) in [7, 11) is 1.72. The van der Waals surface area contributed by atoms with Gasteiger partial charge in [0.05, 0.1) is 30.3 Å². The Balaban J connectivity index is 1.59. The summed E-state index contributed by atoms with van der Waals surface area (Å²) in [5.74, 6) is 6.34. The van der Waals surface area contributed by atoms with Gasteiger partial charge in [-0.1, -0.05) is 42.2 Å². The average Bonchev–Trinajstić information content (AvgIpc) is 2.81. The first kappa shape index (κ1) is 20.4. The van der Waals surface area contributed by atoms with Crippen molar-refractivity contribution in [2.75, 3.05) is 13.1 Å². The zero-order chi connectivity index (χ0) is 21.8. The van der Waals surface area contributed by atoms with E-state index in [4.69, 9.17) is 5.26 Å². The number of nitrogens with zero attached hydrogens (tertiary/aromatic N) is 4. The molecule has 3 aromatic rings. The van der Waals surface area contributed by atoms with E-state index >= 15 is 0 Å². The molecule has 2 aromatic carbocycles. The van der Waals surface area contributed by atoms with Crippen molar-refractivity contribution in [2.24, 2.45) is 7.05 Å². The summed E-state index contributed by atoms with van der Waals surface area (Å²) in [5.41, 5.74) is 3.21. The smallest absolute Gasteiger partial charge is 0.300 e. The second-order valence-electron chi connectivity index (χ2n) is 7.60. The minimum atomic E-state index is -0.314. The predicted molar refractivity (Wildman–Crippen MR) is 119 cm³/mol. The van der Waals surface area contributed by atoms with Gasteiger partial charge in [-0.3, -0.25) is 14.3 Å². The molecular formula is C25H22N4O2. The molecule has 0 N–H and O–H groups in total. The van der Waals surface area contributed by atoms with Crippen molar-refractivity contribution in [1.82, 2.24) is 14.0 Å². The Hall–Kier alpha value is -3.87. The number of fused-ring (bicyclic) bond motifs is 1. The van der Waals surface area contributed by atoms with Crippen LogP contribution in [0.15, 0.2) is 64.2 Å². The van der Waals surface area contributed by atoms with E-state index in [1.54, 1.807) is 35.9 Å². The fraction of sp³-hybridized carbons (Fsp3) is 0.240. The van der Waals surface area contributed by atoms with Gasteiger partial charge in [-0.25, -0.2) is 4.79 Å².